The van der Waals surface area contributed by atoms with E-state index < -0.39 is 0 Å². The van der Waals surface area contributed by atoms with Gasteiger partial charge in [0, 0.05) is 5.69 Å². The molecule has 3 rings (SSSR count). The molecule has 0 aliphatic rings. The highest BCUT2D eigenvalue weighted by atomic mass is 19.1. The molecular weight excluding hydrogens is 317 g/mol. The molecule has 0 aromatic heterocycles. The van der Waals surface area contributed by atoms with Gasteiger partial charge < -0.3 is 5.32 Å². The molecule has 25 heavy (non-hydrogen) atoms. The number of carbonyl (C=O) groups is 1. The molecule has 3 aromatic rings. The summed E-state index contributed by atoms with van der Waals surface area (Å²) in [5.41, 5.74) is 2.44. The number of benzene rings is 3. The predicted molar refractivity (Wildman–Crippen MR) is 95.8 cm³/mol. The molecule has 0 unspecified atom stereocenters. The third-order valence-corrected chi connectivity index (χ3v) is 3.50. The summed E-state index contributed by atoms with van der Waals surface area (Å²) in [5.74, 6) is -0.655. The van der Waals surface area contributed by atoms with E-state index in [4.69, 9.17) is 0 Å². The molecule has 1 amide bonds. The summed E-state index contributed by atoms with van der Waals surface area (Å²) in [5, 5.41) is 11.0. The zero-order valence-corrected chi connectivity index (χ0v) is 13.4. The van der Waals surface area contributed by atoms with Gasteiger partial charge in [-0.05, 0) is 48.0 Å². The molecular formula is C20H16FN3O. The predicted octanol–water partition coefficient (Wildman–Crippen LogP) is 5.42. The van der Waals surface area contributed by atoms with Gasteiger partial charge in [0.25, 0.3) is 0 Å². The molecule has 0 heterocycles. The monoisotopic (exact) mass is 333 g/mol. The van der Waals surface area contributed by atoms with Gasteiger partial charge in [0.1, 0.15) is 5.82 Å². The van der Waals surface area contributed by atoms with Gasteiger partial charge in [-0.25, -0.2) is 4.39 Å². The van der Waals surface area contributed by atoms with Crippen LogP contribution in [0, 0.1) is 5.82 Å². The number of hydrogen-bond donors (Lipinski definition) is 1. The Kier molecular flexibility index (Phi) is 5.26. The number of nitrogens with one attached hydrogen (secondary N) is 1. The standard InChI is InChI=1S/C20H16FN3O/c21-19-9-5-4-6-15(19)14-20(25)22-16-10-12-18(13-11-16)24-23-17-7-2-1-3-8-17/h1-13H,14H2,(H,22,25). The van der Waals surface area contributed by atoms with E-state index in [2.05, 4.69) is 15.5 Å². The summed E-state index contributed by atoms with van der Waals surface area (Å²) in [6.07, 6.45) is -0.0118. The maximum absolute atomic E-state index is 13.6. The SMILES string of the molecule is O=C(Cc1ccccc1F)Nc1ccc(N=Nc2ccccc2)cc1. The Bertz CT molecular complexity index is 877. The molecule has 0 aliphatic carbocycles. The number of hydrogen-bond acceptors (Lipinski definition) is 3. The van der Waals surface area contributed by atoms with Crippen molar-refractivity contribution in [2.24, 2.45) is 10.2 Å². The van der Waals surface area contributed by atoms with Crippen LogP contribution in [-0.2, 0) is 11.2 Å². The highest BCUT2D eigenvalue weighted by molar-refractivity contribution is 5.92. The third-order valence-electron chi connectivity index (χ3n) is 3.50. The van der Waals surface area contributed by atoms with Crippen molar-refractivity contribution in [3.63, 3.8) is 0 Å². The molecule has 0 radical (unpaired) electrons. The van der Waals surface area contributed by atoms with E-state index in [1.54, 1.807) is 42.5 Å². The maximum atomic E-state index is 13.6. The van der Waals surface area contributed by atoms with Crippen molar-refractivity contribution >= 4 is 23.0 Å². The Labute approximate surface area is 145 Å². The second kappa shape index (κ2) is 7.97. The van der Waals surface area contributed by atoms with Crippen LogP contribution in [0.5, 0.6) is 0 Å². The first-order chi connectivity index (χ1) is 12.2. The first-order valence-corrected chi connectivity index (χ1v) is 7.81. The van der Waals surface area contributed by atoms with Crippen LogP contribution in [0.1, 0.15) is 5.56 Å². The Morgan fingerprint density at radius 3 is 2.08 bits per heavy atom. The third kappa shape index (κ3) is 4.81. The Hall–Kier alpha value is -3.34. The minimum atomic E-state index is -0.380. The zero-order chi connectivity index (χ0) is 17.5. The molecule has 1 N–H and O–H groups in total. The minimum Gasteiger partial charge on any atom is -0.326 e. The second-order valence-corrected chi connectivity index (χ2v) is 5.40. The van der Waals surface area contributed by atoms with Gasteiger partial charge >= 0.3 is 0 Å². The van der Waals surface area contributed by atoms with Crippen molar-refractivity contribution in [2.45, 2.75) is 6.42 Å². The number of rotatable bonds is 5. The van der Waals surface area contributed by atoms with Crippen molar-refractivity contribution in [3.8, 4) is 0 Å². The van der Waals surface area contributed by atoms with Crippen LogP contribution in [0.2, 0.25) is 0 Å². The van der Waals surface area contributed by atoms with Gasteiger partial charge in [-0.1, -0.05) is 36.4 Å². The van der Waals surface area contributed by atoms with E-state index in [0.29, 0.717) is 16.9 Å². The molecule has 0 spiro atoms. The number of azo groups is 1. The fraction of sp³-hybridized carbons (Fsp3) is 0.0500. The smallest absolute Gasteiger partial charge is 0.228 e. The normalized spacial score (nSPS) is 10.8. The molecule has 0 bridgehead atoms. The van der Waals surface area contributed by atoms with Crippen LogP contribution < -0.4 is 5.32 Å². The number of anilines is 1. The minimum absolute atomic E-state index is 0.0118. The topological polar surface area (TPSA) is 53.8 Å². The Morgan fingerprint density at radius 1 is 0.800 bits per heavy atom. The van der Waals surface area contributed by atoms with Crippen molar-refractivity contribution in [3.05, 3.63) is 90.2 Å². The fourth-order valence-electron chi connectivity index (χ4n) is 2.24. The van der Waals surface area contributed by atoms with E-state index in [-0.39, 0.29) is 18.1 Å². The van der Waals surface area contributed by atoms with Crippen LogP contribution in [0.4, 0.5) is 21.5 Å². The van der Waals surface area contributed by atoms with Gasteiger partial charge in [0.2, 0.25) is 5.91 Å². The summed E-state index contributed by atoms with van der Waals surface area (Å²) in [4.78, 5) is 12.0. The highest BCUT2D eigenvalue weighted by Gasteiger charge is 2.07. The molecule has 0 fully saturated rings. The summed E-state index contributed by atoms with van der Waals surface area (Å²) in [6.45, 7) is 0. The molecule has 5 heteroatoms. The number of amides is 1. The van der Waals surface area contributed by atoms with E-state index >= 15 is 0 Å². The lowest BCUT2D eigenvalue weighted by atomic mass is 10.1. The first kappa shape index (κ1) is 16.5. The lowest BCUT2D eigenvalue weighted by molar-refractivity contribution is -0.115. The lowest BCUT2D eigenvalue weighted by Crippen LogP contribution is -2.15. The Balaban J connectivity index is 1.60. The van der Waals surface area contributed by atoms with Crippen molar-refractivity contribution in [1.82, 2.24) is 0 Å². The number of nitrogens with zero attached hydrogens (tertiary/aromatic N) is 2. The highest BCUT2D eigenvalue weighted by Crippen LogP contribution is 2.20. The van der Waals surface area contributed by atoms with Crippen molar-refractivity contribution in [2.75, 3.05) is 5.32 Å². The summed E-state index contributed by atoms with van der Waals surface area (Å²) >= 11 is 0. The fourth-order valence-corrected chi connectivity index (χ4v) is 2.24. The van der Waals surface area contributed by atoms with Crippen LogP contribution in [0.15, 0.2) is 89.1 Å². The van der Waals surface area contributed by atoms with E-state index in [1.165, 1.54) is 6.07 Å². The number of carbonyl (C=O) groups excluding carboxylic acids is 1. The summed E-state index contributed by atoms with van der Waals surface area (Å²) in [7, 11) is 0. The van der Waals surface area contributed by atoms with E-state index in [1.807, 2.05) is 30.3 Å². The molecule has 0 saturated heterocycles. The van der Waals surface area contributed by atoms with E-state index in [9.17, 15) is 9.18 Å². The molecule has 0 saturated carbocycles. The lowest BCUT2D eigenvalue weighted by Gasteiger charge is -2.06. The average molecular weight is 333 g/mol. The number of halogens is 1. The summed E-state index contributed by atoms with van der Waals surface area (Å²) < 4.78 is 13.6. The van der Waals surface area contributed by atoms with Crippen LogP contribution in [-0.4, -0.2) is 5.91 Å². The molecule has 124 valence electrons. The second-order valence-electron chi connectivity index (χ2n) is 5.40. The quantitative estimate of drug-likeness (QED) is 0.623. The van der Waals surface area contributed by atoms with Gasteiger partial charge in [-0.15, -0.1) is 0 Å². The molecule has 4 nitrogen and oxygen atoms in total. The van der Waals surface area contributed by atoms with Crippen LogP contribution in [0.3, 0.4) is 0 Å². The molecule has 0 atom stereocenters. The van der Waals surface area contributed by atoms with Gasteiger partial charge in [-0.2, -0.15) is 10.2 Å². The summed E-state index contributed by atoms with van der Waals surface area (Å²) in [6, 6.07) is 22.6. The molecule has 0 aliphatic heterocycles. The largest absolute Gasteiger partial charge is 0.326 e. The zero-order valence-electron chi connectivity index (χ0n) is 13.4. The maximum Gasteiger partial charge on any atom is 0.228 e. The van der Waals surface area contributed by atoms with Crippen molar-refractivity contribution < 1.29 is 9.18 Å². The molecule has 3 aromatic carbocycles. The van der Waals surface area contributed by atoms with Crippen LogP contribution in [0.25, 0.3) is 0 Å². The van der Waals surface area contributed by atoms with E-state index in [0.717, 1.165) is 5.69 Å². The van der Waals surface area contributed by atoms with Gasteiger partial charge in [0.05, 0.1) is 17.8 Å². The van der Waals surface area contributed by atoms with Gasteiger partial charge in [0.15, 0.2) is 0 Å². The first-order valence-electron chi connectivity index (χ1n) is 7.81. The van der Waals surface area contributed by atoms with Crippen molar-refractivity contribution in [1.29, 1.82) is 0 Å². The Morgan fingerprint density at radius 2 is 1.40 bits per heavy atom. The van der Waals surface area contributed by atoms with Gasteiger partial charge in [-0.3, -0.25) is 4.79 Å². The average Bonchev–Trinajstić information content (AvgIpc) is 2.64. The van der Waals surface area contributed by atoms with Crippen LogP contribution >= 0.6 is 0 Å².